The van der Waals surface area contributed by atoms with E-state index in [1.54, 1.807) is 14.0 Å². The number of rotatable bonds is 3. The largest absolute Gasteiger partial charge is 1.00 e. The molecule has 0 aromatic rings. The van der Waals surface area contributed by atoms with Crippen molar-refractivity contribution in [3.63, 3.8) is 0 Å². The van der Waals surface area contributed by atoms with E-state index in [0.717, 1.165) is 12.8 Å². The number of carboxylic acid groups (broad SMARTS) is 1. The van der Waals surface area contributed by atoms with Gasteiger partial charge in [-0.1, -0.05) is 0 Å². The van der Waals surface area contributed by atoms with Gasteiger partial charge in [-0.25, -0.2) is 0 Å². The van der Waals surface area contributed by atoms with E-state index in [2.05, 4.69) is 0 Å². The Morgan fingerprint density at radius 3 is 2.71 bits per heavy atom. The minimum absolute atomic E-state index is 0. The Morgan fingerprint density at radius 2 is 2.19 bits per heavy atom. The molecule has 7 heteroatoms. The number of aliphatic carboxylic acids is 1. The van der Waals surface area contributed by atoms with Gasteiger partial charge in [0.15, 0.2) is 0 Å². The van der Waals surface area contributed by atoms with Gasteiger partial charge in [-0.3, -0.25) is 4.79 Å². The van der Waals surface area contributed by atoms with Crippen molar-refractivity contribution >= 4 is 11.9 Å². The molecule has 1 aliphatic carbocycles. The summed E-state index contributed by atoms with van der Waals surface area (Å²) in [5, 5.41) is 21.3. The third-order valence-electron chi connectivity index (χ3n) is 4.96. The molecule has 0 unspecified atom stereocenters. The summed E-state index contributed by atoms with van der Waals surface area (Å²) in [7, 11) is 1.55. The van der Waals surface area contributed by atoms with Crippen molar-refractivity contribution < 1.29 is 75.9 Å². The average Bonchev–Trinajstić information content (AvgIpc) is 2.66. The van der Waals surface area contributed by atoms with Crippen molar-refractivity contribution in [3.05, 3.63) is 11.3 Å². The summed E-state index contributed by atoms with van der Waals surface area (Å²) in [6.45, 7) is 1.56. The van der Waals surface area contributed by atoms with Gasteiger partial charge in [0.05, 0.1) is 29.7 Å². The van der Waals surface area contributed by atoms with E-state index in [1.165, 1.54) is 4.90 Å². The number of carbonyl (C=O) groups is 2. The topological polar surface area (TPSA) is 89.9 Å². The van der Waals surface area contributed by atoms with Crippen molar-refractivity contribution in [1.82, 2.24) is 4.90 Å². The van der Waals surface area contributed by atoms with Crippen LogP contribution in [0.5, 0.6) is 0 Å². The summed E-state index contributed by atoms with van der Waals surface area (Å²) in [5.41, 5.74) is -0.130. The van der Waals surface area contributed by atoms with Gasteiger partial charge in [-0.15, -0.1) is 0 Å². The Hall–Kier alpha value is 0.236. The van der Waals surface area contributed by atoms with Crippen LogP contribution in [0.1, 0.15) is 32.6 Å². The van der Waals surface area contributed by atoms with E-state index in [9.17, 15) is 19.8 Å². The molecule has 1 saturated heterocycles. The van der Waals surface area contributed by atoms with Gasteiger partial charge >= 0.3 is 51.4 Å². The molecule has 4 atom stereocenters. The Bertz CT molecular complexity index is 517. The zero-order chi connectivity index (χ0) is 14.7. The van der Waals surface area contributed by atoms with Gasteiger partial charge in [0.25, 0.3) is 0 Å². The van der Waals surface area contributed by atoms with Crippen molar-refractivity contribution in [2.75, 3.05) is 7.11 Å². The Kier molecular flexibility index (Phi) is 5.05. The predicted molar refractivity (Wildman–Crippen MR) is 66.0 cm³/mol. The predicted octanol–water partition coefficient (Wildman–Crippen LogP) is -3.82. The Morgan fingerprint density at radius 1 is 1.52 bits per heavy atom. The molecule has 2 fully saturated rings. The Labute approximate surface area is 165 Å². The summed E-state index contributed by atoms with van der Waals surface area (Å²) in [6, 6.07) is -0.414. The quantitative estimate of drug-likeness (QED) is 0.425. The molecule has 1 amide bonds. The number of aliphatic hydroxyl groups is 1. The maximum Gasteiger partial charge on any atom is 1.00 e. The molecule has 0 spiro atoms. The molecule has 0 aromatic heterocycles. The molecule has 3 aliphatic rings. The number of methoxy groups -OCH3 is 1. The minimum atomic E-state index is -1.33. The van der Waals surface area contributed by atoms with Gasteiger partial charge in [-0.05, 0) is 38.2 Å². The number of hydrogen-bond donors (Lipinski definition) is 1. The standard InChI is InChI=1S/C14H19NO5.K/c1-7(16)9-11-14(20-2)6-4-3-5-8(14)10(13(18)19)15(11)12(9)17;/h7,9,11,16H,3-6H2,1-2H3,(H,18,19);/q;+1/p-1/t7-,9-,11+,14+;/m1./s1. The maximum absolute atomic E-state index is 12.2. The first-order valence-electron chi connectivity index (χ1n) is 6.97. The second kappa shape index (κ2) is 6.03. The van der Waals surface area contributed by atoms with E-state index < -0.39 is 29.6 Å². The number of carboxylic acids is 1. The number of nitrogens with zero attached hydrogens (tertiary/aromatic N) is 1. The third-order valence-corrected chi connectivity index (χ3v) is 4.96. The second-order valence-electron chi connectivity index (χ2n) is 5.83. The monoisotopic (exact) mass is 319 g/mol. The van der Waals surface area contributed by atoms with Crippen LogP contribution < -0.4 is 56.5 Å². The van der Waals surface area contributed by atoms with Crippen LogP contribution in [-0.2, 0) is 14.3 Å². The molecule has 2 aliphatic heterocycles. The van der Waals surface area contributed by atoms with Gasteiger partial charge in [0.2, 0.25) is 5.91 Å². The van der Waals surface area contributed by atoms with E-state index >= 15 is 0 Å². The van der Waals surface area contributed by atoms with Crippen molar-refractivity contribution in [1.29, 1.82) is 0 Å². The van der Waals surface area contributed by atoms with Crippen LogP contribution >= 0.6 is 0 Å². The minimum Gasteiger partial charge on any atom is -0.543 e. The smallest absolute Gasteiger partial charge is 0.543 e. The van der Waals surface area contributed by atoms with Gasteiger partial charge in [0.1, 0.15) is 5.60 Å². The molecule has 0 radical (unpaired) electrons. The van der Waals surface area contributed by atoms with Gasteiger partial charge in [0, 0.05) is 7.11 Å². The first-order chi connectivity index (χ1) is 9.45. The van der Waals surface area contributed by atoms with Crippen LogP contribution in [0.4, 0.5) is 0 Å². The van der Waals surface area contributed by atoms with E-state index in [4.69, 9.17) is 4.74 Å². The second-order valence-corrected chi connectivity index (χ2v) is 5.83. The first-order valence-corrected chi connectivity index (χ1v) is 6.97. The first kappa shape index (κ1) is 17.6. The van der Waals surface area contributed by atoms with Crippen LogP contribution in [-0.4, -0.2) is 46.7 Å². The van der Waals surface area contributed by atoms with Gasteiger partial charge in [-0.2, -0.15) is 0 Å². The van der Waals surface area contributed by atoms with Crippen molar-refractivity contribution in [3.8, 4) is 0 Å². The van der Waals surface area contributed by atoms with Crippen LogP contribution in [0.25, 0.3) is 0 Å². The molecular formula is C14H18KNO5. The number of aliphatic hydroxyl groups excluding tert-OH is 1. The maximum atomic E-state index is 12.2. The summed E-state index contributed by atoms with van der Waals surface area (Å²) < 4.78 is 5.69. The molecule has 1 N–H and O–H groups in total. The number of ether oxygens (including phenoxy) is 1. The third kappa shape index (κ3) is 2.21. The molecule has 0 bridgehead atoms. The fourth-order valence-electron chi connectivity index (χ4n) is 4.14. The number of hydrogen-bond acceptors (Lipinski definition) is 5. The number of β-lactam (4-membered cyclic amide) rings is 1. The number of carbonyl (C=O) groups excluding carboxylic acids is 2. The fourth-order valence-corrected chi connectivity index (χ4v) is 4.14. The van der Waals surface area contributed by atoms with E-state index in [1.807, 2.05) is 0 Å². The fraction of sp³-hybridized carbons (Fsp3) is 0.714. The molecule has 110 valence electrons. The van der Waals surface area contributed by atoms with Crippen LogP contribution in [0, 0.1) is 5.92 Å². The van der Waals surface area contributed by atoms with Crippen LogP contribution in [0.2, 0.25) is 0 Å². The molecule has 21 heavy (non-hydrogen) atoms. The summed E-state index contributed by atoms with van der Waals surface area (Å²) in [5.74, 6) is -2.27. The summed E-state index contributed by atoms with van der Waals surface area (Å²) in [4.78, 5) is 24.9. The van der Waals surface area contributed by atoms with E-state index in [-0.39, 0.29) is 63.0 Å². The van der Waals surface area contributed by atoms with Crippen molar-refractivity contribution in [2.24, 2.45) is 5.92 Å². The summed E-state index contributed by atoms with van der Waals surface area (Å²) >= 11 is 0. The van der Waals surface area contributed by atoms with Crippen molar-refractivity contribution in [2.45, 2.75) is 50.4 Å². The summed E-state index contributed by atoms with van der Waals surface area (Å²) in [6.07, 6.45) is 2.26. The SMILES string of the molecule is CO[C@@]12CCCCC1=C(C(=O)[O-])N1C(=O)[C@H]([C@@H](C)O)[C@H]12.[K+]. The van der Waals surface area contributed by atoms with Crippen LogP contribution in [0.15, 0.2) is 11.3 Å². The molecule has 3 rings (SSSR count). The normalized spacial score (nSPS) is 35.6. The molecule has 2 heterocycles. The molecular weight excluding hydrogens is 301 g/mol. The van der Waals surface area contributed by atoms with Gasteiger partial charge < -0.3 is 24.6 Å². The average molecular weight is 319 g/mol. The molecule has 6 nitrogen and oxygen atoms in total. The molecule has 1 saturated carbocycles. The zero-order valence-electron chi connectivity index (χ0n) is 12.6. The number of fused-ring (bicyclic) bond motifs is 3. The van der Waals surface area contributed by atoms with E-state index in [0.29, 0.717) is 18.4 Å². The van der Waals surface area contributed by atoms with Crippen LogP contribution in [0.3, 0.4) is 0 Å². The molecule has 0 aromatic carbocycles. The number of amides is 1. The zero-order valence-corrected chi connectivity index (χ0v) is 15.7. The Balaban J connectivity index is 0.00000161.